The zero-order valence-electron chi connectivity index (χ0n) is 22.9. The van der Waals surface area contributed by atoms with Gasteiger partial charge in [0.1, 0.15) is 16.9 Å². The van der Waals surface area contributed by atoms with Gasteiger partial charge in [-0.2, -0.15) is 0 Å². The molecule has 208 valence electrons. The van der Waals surface area contributed by atoms with Gasteiger partial charge < -0.3 is 24.8 Å². The van der Waals surface area contributed by atoms with Crippen LogP contribution in [0.5, 0.6) is 0 Å². The topological polar surface area (TPSA) is 129 Å². The first kappa shape index (κ1) is 29.9. The average molecular weight is 538 g/mol. The molecular formula is C28H43NO7S. The third-order valence-corrected chi connectivity index (χ3v) is 9.11. The highest BCUT2D eigenvalue weighted by molar-refractivity contribution is 7.09. The molecule has 3 rings (SSSR count). The maximum absolute atomic E-state index is 13.5. The molecule has 0 unspecified atom stereocenters. The third-order valence-electron chi connectivity index (χ3n) is 8.26. The van der Waals surface area contributed by atoms with Gasteiger partial charge >= 0.3 is 5.97 Å². The standard InChI is InChI=1S/C28H43NO7S/c1-7-19-25(33)16(2)9-8-10-28(6)22(36-28)12-20(17(3)11-18-15-37-23(14-30)29-18)35-24(32)13-21(31)27(4,5)26(19)34/h11,15-16,19-22,25,30-31,33H,7-10,12-14H2,1-6H3/t16-,19-,20-,21-,22-,25-,28+/m0/s1. The number of carbonyl (C=O) groups is 2. The highest BCUT2D eigenvalue weighted by Gasteiger charge is 2.53. The van der Waals surface area contributed by atoms with Gasteiger partial charge in [0.2, 0.25) is 0 Å². The van der Waals surface area contributed by atoms with Gasteiger partial charge in [0, 0.05) is 17.7 Å². The quantitative estimate of drug-likeness (QED) is 0.387. The van der Waals surface area contributed by atoms with Crippen molar-refractivity contribution in [3.8, 4) is 0 Å². The van der Waals surface area contributed by atoms with Gasteiger partial charge in [-0.15, -0.1) is 11.3 Å². The molecule has 0 aliphatic carbocycles. The summed E-state index contributed by atoms with van der Waals surface area (Å²) in [6.45, 7) is 10.9. The number of hydrogen-bond donors (Lipinski definition) is 3. The highest BCUT2D eigenvalue weighted by atomic mass is 32.1. The van der Waals surface area contributed by atoms with Gasteiger partial charge in [-0.05, 0) is 50.7 Å². The summed E-state index contributed by atoms with van der Waals surface area (Å²) in [5.41, 5.74) is -0.0928. The molecule has 8 nitrogen and oxygen atoms in total. The molecule has 2 saturated heterocycles. The Morgan fingerprint density at radius 2 is 1.97 bits per heavy atom. The van der Waals surface area contributed by atoms with Crippen molar-refractivity contribution in [2.45, 2.75) is 117 Å². The van der Waals surface area contributed by atoms with Crippen LogP contribution in [-0.4, -0.2) is 62.1 Å². The van der Waals surface area contributed by atoms with Crippen LogP contribution in [-0.2, 0) is 25.7 Å². The number of aromatic nitrogens is 1. The summed E-state index contributed by atoms with van der Waals surface area (Å²) >= 11 is 1.35. The zero-order chi connectivity index (χ0) is 27.5. The Morgan fingerprint density at radius 3 is 2.59 bits per heavy atom. The molecular weight excluding hydrogens is 494 g/mol. The Kier molecular flexibility index (Phi) is 9.72. The van der Waals surface area contributed by atoms with Crippen LogP contribution in [0.3, 0.4) is 0 Å². The van der Waals surface area contributed by atoms with Crippen LogP contribution in [0.2, 0.25) is 0 Å². The van der Waals surface area contributed by atoms with Crippen LogP contribution in [0.15, 0.2) is 11.0 Å². The Morgan fingerprint density at radius 1 is 1.27 bits per heavy atom. The first-order chi connectivity index (χ1) is 17.3. The first-order valence-electron chi connectivity index (χ1n) is 13.3. The lowest BCUT2D eigenvalue weighted by Crippen LogP contribution is -2.46. The van der Waals surface area contributed by atoms with Crippen LogP contribution in [0.4, 0.5) is 0 Å². The fourth-order valence-electron chi connectivity index (χ4n) is 5.31. The second-order valence-corrected chi connectivity index (χ2v) is 12.5. The summed E-state index contributed by atoms with van der Waals surface area (Å²) in [5.74, 6) is -1.55. The molecule has 2 fully saturated rings. The van der Waals surface area contributed by atoms with Crippen LogP contribution in [0.25, 0.3) is 6.08 Å². The van der Waals surface area contributed by atoms with Crippen LogP contribution < -0.4 is 0 Å². The SMILES string of the molecule is CC[C@@H]1C(=O)C(C)(C)[C@@H](O)CC(=O)O[C@H](C(C)=Cc2csc(CO)n2)C[C@@H]2O[C@]2(C)CCC[C@H](C)[C@@H]1O. The van der Waals surface area contributed by atoms with E-state index in [1.165, 1.54) is 11.3 Å². The van der Waals surface area contributed by atoms with E-state index in [1.807, 2.05) is 32.2 Å². The number of hydrogen-bond acceptors (Lipinski definition) is 9. The molecule has 3 heterocycles. The lowest BCUT2D eigenvalue weighted by molar-refractivity contribution is -0.154. The normalized spacial score (nSPS) is 36.1. The number of thiazole rings is 1. The van der Waals surface area contributed by atoms with Gasteiger partial charge in [0.25, 0.3) is 0 Å². The molecule has 3 N–H and O–H groups in total. The number of aliphatic hydroxyl groups excluding tert-OH is 3. The second-order valence-electron chi connectivity index (χ2n) is 11.5. The third kappa shape index (κ3) is 7.06. The molecule has 2 aliphatic rings. The minimum atomic E-state index is -1.25. The van der Waals surface area contributed by atoms with E-state index in [4.69, 9.17) is 9.47 Å². The van der Waals surface area contributed by atoms with Crippen LogP contribution in [0.1, 0.15) is 90.8 Å². The number of ether oxygens (including phenoxy) is 2. The van der Waals surface area contributed by atoms with E-state index in [-0.39, 0.29) is 36.4 Å². The van der Waals surface area contributed by atoms with Crippen LogP contribution in [0, 0.1) is 17.3 Å². The van der Waals surface area contributed by atoms with Gasteiger partial charge in [-0.25, -0.2) is 4.98 Å². The van der Waals surface area contributed by atoms with E-state index in [2.05, 4.69) is 11.9 Å². The van der Waals surface area contributed by atoms with E-state index in [9.17, 15) is 24.9 Å². The smallest absolute Gasteiger partial charge is 0.309 e. The monoisotopic (exact) mass is 537 g/mol. The molecule has 1 aromatic heterocycles. The number of ketones is 1. The average Bonchev–Trinajstić information content (AvgIpc) is 3.24. The zero-order valence-corrected chi connectivity index (χ0v) is 23.7. The molecule has 0 aromatic carbocycles. The fraction of sp³-hybridized carbons (Fsp3) is 0.750. The summed E-state index contributed by atoms with van der Waals surface area (Å²) in [4.78, 5) is 30.8. The van der Waals surface area contributed by atoms with Crippen LogP contribution >= 0.6 is 11.3 Å². The Balaban J connectivity index is 1.87. The van der Waals surface area contributed by atoms with Crippen molar-refractivity contribution in [2.75, 3.05) is 0 Å². The molecule has 0 bridgehead atoms. The minimum Gasteiger partial charge on any atom is -0.458 e. The Bertz CT molecular complexity index is 989. The van der Waals surface area contributed by atoms with Crippen molar-refractivity contribution < 1.29 is 34.4 Å². The first-order valence-corrected chi connectivity index (χ1v) is 14.2. The van der Waals surface area contributed by atoms with Crippen molar-refractivity contribution in [1.29, 1.82) is 0 Å². The predicted octanol–water partition coefficient (Wildman–Crippen LogP) is 4.05. The molecule has 0 amide bonds. The molecule has 7 atom stereocenters. The number of cyclic esters (lactones) is 1. The summed E-state index contributed by atoms with van der Waals surface area (Å²) in [6.07, 6.45) is 2.08. The van der Waals surface area contributed by atoms with Gasteiger partial charge in [-0.3, -0.25) is 9.59 Å². The highest BCUT2D eigenvalue weighted by Crippen LogP contribution is 2.45. The van der Waals surface area contributed by atoms with E-state index >= 15 is 0 Å². The number of nitrogens with zero attached hydrogens (tertiary/aromatic N) is 1. The largest absolute Gasteiger partial charge is 0.458 e. The minimum absolute atomic E-state index is 0.0830. The Hall–Kier alpha value is -1.65. The van der Waals surface area contributed by atoms with E-state index in [0.717, 1.165) is 24.8 Å². The van der Waals surface area contributed by atoms with E-state index < -0.39 is 35.6 Å². The molecule has 9 heteroatoms. The second kappa shape index (κ2) is 12.0. The maximum atomic E-state index is 13.5. The molecule has 2 aliphatic heterocycles. The lowest BCUT2D eigenvalue weighted by Gasteiger charge is -2.35. The van der Waals surface area contributed by atoms with Gasteiger partial charge in [-0.1, -0.05) is 34.1 Å². The summed E-state index contributed by atoms with van der Waals surface area (Å²) < 4.78 is 11.9. The maximum Gasteiger partial charge on any atom is 0.309 e. The summed E-state index contributed by atoms with van der Waals surface area (Å²) in [7, 11) is 0. The van der Waals surface area contributed by atoms with Crippen molar-refractivity contribution in [3.05, 3.63) is 21.7 Å². The van der Waals surface area contributed by atoms with Crippen molar-refractivity contribution in [1.82, 2.24) is 4.98 Å². The predicted molar refractivity (Wildman–Crippen MR) is 142 cm³/mol. The number of esters is 1. The van der Waals surface area contributed by atoms with Gasteiger partial charge in [0.05, 0.1) is 48.0 Å². The van der Waals surface area contributed by atoms with E-state index in [0.29, 0.717) is 23.5 Å². The number of epoxide rings is 1. The summed E-state index contributed by atoms with van der Waals surface area (Å²) in [6, 6.07) is 0. The van der Waals surface area contributed by atoms with Crippen molar-refractivity contribution >= 4 is 29.2 Å². The number of carbonyl (C=O) groups excluding carboxylic acids is 2. The van der Waals surface area contributed by atoms with Crippen molar-refractivity contribution in [3.63, 3.8) is 0 Å². The van der Waals surface area contributed by atoms with Gasteiger partial charge in [0.15, 0.2) is 0 Å². The lowest BCUT2D eigenvalue weighted by atomic mass is 9.71. The number of rotatable bonds is 4. The summed E-state index contributed by atoms with van der Waals surface area (Å²) in [5, 5.41) is 33.7. The van der Waals surface area contributed by atoms with E-state index in [1.54, 1.807) is 13.8 Å². The molecule has 0 spiro atoms. The fourth-order valence-corrected chi connectivity index (χ4v) is 5.92. The number of Topliss-reactive ketones (excluding diaryl/α,β-unsaturated/α-hetero) is 1. The molecule has 0 radical (unpaired) electrons. The molecule has 37 heavy (non-hydrogen) atoms. The molecule has 1 aromatic rings. The molecule has 0 saturated carbocycles. The number of aliphatic hydroxyl groups is 3. The Labute approximate surface area is 224 Å². The number of fused-ring (bicyclic) bond motifs is 1. The van der Waals surface area contributed by atoms with Crippen molar-refractivity contribution in [2.24, 2.45) is 17.3 Å².